The first-order valence-corrected chi connectivity index (χ1v) is 8.88. The molecule has 0 saturated carbocycles. The molecule has 0 aliphatic heterocycles. The molecule has 1 unspecified atom stereocenters. The summed E-state index contributed by atoms with van der Waals surface area (Å²) in [5, 5.41) is 10.5. The first-order valence-electron chi connectivity index (χ1n) is 8.88. The number of aliphatic hydroxyl groups excluding tert-OH is 1. The average molecular weight is 306 g/mol. The number of rotatable bonds is 10. The van der Waals surface area contributed by atoms with Gasteiger partial charge in [-0.25, -0.2) is 0 Å². The fourth-order valence-corrected chi connectivity index (χ4v) is 3.56. The Labute approximate surface area is 136 Å². The maximum absolute atomic E-state index is 10.8. The molecule has 126 valence electrons. The van der Waals surface area contributed by atoms with Gasteiger partial charge in [-0.3, -0.25) is 0 Å². The molecule has 0 fully saturated rings. The summed E-state index contributed by atoms with van der Waals surface area (Å²) in [6.07, 6.45) is 8.31. The van der Waals surface area contributed by atoms with E-state index in [9.17, 15) is 9.90 Å². The predicted molar refractivity (Wildman–Crippen MR) is 93.9 cm³/mol. The van der Waals surface area contributed by atoms with E-state index in [-0.39, 0.29) is 12.0 Å². The molecule has 1 rings (SSSR count). The highest BCUT2D eigenvalue weighted by Gasteiger charge is 2.29. The van der Waals surface area contributed by atoms with Crippen LogP contribution in [0.2, 0.25) is 0 Å². The number of unbranched alkanes of at least 4 members (excludes halogenated alkanes) is 5. The van der Waals surface area contributed by atoms with E-state index in [0.29, 0.717) is 5.78 Å². The normalized spacial score (nSPS) is 17.5. The highest BCUT2D eigenvalue weighted by atomic mass is 16.3. The standard InChI is InChI=1S/C20H34O2/c1-14(21)12-10-8-6-7-9-11-13-19(22)20-17(4)15(2)16(3)18(20)5/h19-20,22H,6-13H2,1-5H3. The number of hydrogen-bond acceptors (Lipinski definition) is 2. The summed E-state index contributed by atoms with van der Waals surface area (Å²) in [6, 6.07) is 0. The van der Waals surface area contributed by atoms with Crippen molar-refractivity contribution < 1.29 is 9.90 Å². The Hall–Kier alpha value is -0.890. The van der Waals surface area contributed by atoms with Crippen molar-refractivity contribution in [2.75, 3.05) is 0 Å². The molecule has 1 aliphatic carbocycles. The second kappa shape index (κ2) is 9.29. The van der Waals surface area contributed by atoms with Gasteiger partial charge in [0.2, 0.25) is 0 Å². The van der Waals surface area contributed by atoms with Crippen LogP contribution < -0.4 is 0 Å². The quantitative estimate of drug-likeness (QED) is 0.552. The fourth-order valence-electron chi connectivity index (χ4n) is 3.56. The highest BCUT2D eigenvalue weighted by molar-refractivity contribution is 5.75. The molecule has 1 aliphatic rings. The minimum atomic E-state index is -0.231. The van der Waals surface area contributed by atoms with Crippen LogP contribution in [-0.4, -0.2) is 17.0 Å². The van der Waals surface area contributed by atoms with Crippen LogP contribution in [0.3, 0.4) is 0 Å². The van der Waals surface area contributed by atoms with E-state index >= 15 is 0 Å². The van der Waals surface area contributed by atoms with Gasteiger partial charge in [0.15, 0.2) is 0 Å². The van der Waals surface area contributed by atoms with E-state index in [1.807, 2.05) is 0 Å². The van der Waals surface area contributed by atoms with Gasteiger partial charge >= 0.3 is 0 Å². The Morgan fingerprint density at radius 3 is 1.86 bits per heavy atom. The van der Waals surface area contributed by atoms with Crippen LogP contribution in [0.25, 0.3) is 0 Å². The van der Waals surface area contributed by atoms with E-state index < -0.39 is 0 Å². The molecule has 0 aromatic heterocycles. The maximum Gasteiger partial charge on any atom is 0.129 e. The minimum Gasteiger partial charge on any atom is -0.392 e. The maximum atomic E-state index is 10.8. The summed E-state index contributed by atoms with van der Waals surface area (Å²) < 4.78 is 0. The molecule has 1 N–H and O–H groups in total. The topological polar surface area (TPSA) is 37.3 Å². The molecule has 0 aromatic carbocycles. The minimum absolute atomic E-state index is 0.231. The average Bonchev–Trinajstić information content (AvgIpc) is 2.65. The van der Waals surface area contributed by atoms with Crippen molar-refractivity contribution in [2.24, 2.45) is 5.92 Å². The summed E-state index contributed by atoms with van der Waals surface area (Å²) in [6.45, 7) is 10.3. The molecule has 0 spiro atoms. The first-order chi connectivity index (χ1) is 10.4. The van der Waals surface area contributed by atoms with Gasteiger partial charge in [0, 0.05) is 12.3 Å². The van der Waals surface area contributed by atoms with Crippen LogP contribution in [0.5, 0.6) is 0 Å². The van der Waals surface area contributed by atoms with Crippen molar-refractivity contribution in [2.45, 2.75) is 92.1 Å². The summed E-state index contributed by atoms with van der Waals surface area (Å²) in [5.74, 6) is 0.549. The number of aliphatic hydroxyl groups is 1. The van der Waals surface area contributed by atoms with E-state index in [4.69, 9.17) is 0 Å². The molecule has 1 atom stereocenters. The van der Waals surface area contributed by atoms with Gasteiger partial charge in [-0.05, 0) is 58.6 Å². The van der Waals surface area contributed by atoms with Crippen molar-refractivity contribution in [3.8, 4) is 0 Å². The molecule has 0 saturated heterocycles. The van der Waals surface area contributed by atoms with E-state index in [1.165, 1.54) is 41.6 Å². The molecule has 0 radical (unpaired) electrons. The van der Waals surface area contributed by atoms with Crippen LogP contribution in [-0.2, 0) is 4.79 Å². The third-order valence-corrected chi connectivity index (χ3v) is 5.34. The Kier molecular flexibility index (Phi) is 8.09. The summed E-state index contributed by atoms with van der Waals surface area (Å²) in [4.78, 5) is 10.8. The van der Waals surface area contributed by atoms with Crippen molar-refractivity contribution in [1.29, 1.82) is 0 Å². The van der Waals surface area contributed by atoms with Gasteiger partial charge in [0.1, 0.15) is 5.78 Å². The zero-order valence-electron chi connectivity index (χ0n) is 15.2. The largest absolute Gasteiger partial charge is 0.392 e. The monoisotopic (exact) mass is 306 g/mol. The lowest BCUT2D eigenvalue weighted by molar-refractivity contribution is -0.117. The van der Waals surface area contributed by atoms with Crippen molar-refractivity contribution in [1.82, 2.24) is 0 Å². The lowest BCUT2D eigenvalue weighted by atomic mass is 9.88. The SMILES string of the molecule is CC(=O)CCCCCCCCC(O)C1C(C)=C(C)C(C)=C1C. The lowest BCUT2D eigenvalue weighted by Crippen LogP contribution is -2.21. The molecule has 0 amide bonds. The fraction of sp³-hybridized carbons (Fsp3) is 0.750. The van der Waals surface area contributed by atoms with Crippen molar-refractivity contribution in [3.63, 3.8) is 0 Å². The second-order valence-corrected chi connectivity index (χ2v) is 7.02. The van der Waals surface area contributed by atoms with Crippen molar-refractivity contribution >= 4 is 5.78 Å². The number of ketones is 1. The van der Waals surface area contributed by atoms with Crippen LogP contribution in [0, 0.1) is 5.92 Å². The van der Waals surface area contributed by atoms with Gasteiger partial charge in [-0.15, -0.1) is 0 Å². The number of carbonyl (C=O) groups excluding carboxylic acids is 1. The first kappa shape index (κ1) is 19.2. The number of carbonyl (C=O) groups is 1. The third kappa shape index (κ3) is 5.39. The van der Waals surface area contributed by atoms with Crippen LogP contribution in [0.4, 0.5) is 0 Å². The summed E-state index contributed by atoms with van der Waals surface area (Å²) in [7, 11) is 0. The van der Waals surface area contributed by atoms with E-state index in [2.05, 4.69) is 27.7 Å². The molecule has 0 aromatic rings. The Morgan fingerprint density at radius 1 is 0.909 bits per heavy atom. The van der Waals surface area contributed by atoms with Crippen LogP contribution in [0.1, 0.15) is 86.0 Å². The molecule has 0 bridgehead atoms. The van der Waals surface area contributed by atoms with Crippen LogP contribution >= 0.6 is 0 Å². The predicted octanol–water partition coefficient (Wildman–Crippen LogP) is 5.36. The summed E-state index contributed by atoms with van der Waals surface area (Å²) in [5.41, 5.74) is 5.44. The number of Topliss-reactive ketones (excluding diaryl/α,β-unsaturated/α-hetero) is 1. The van der Waals surface area contributed by atoms with Crippen LogP contribution in [0.15, 0.2) is 22.3 Å². The van der Waals surface area contributed by atoms with E-state index in [0.717, 1.165) is 32.1 Å². The highest BCUT2D eigenvalue weighted by Crippen LogP contribution is 2.39. The third-order valence-electron chi connectivity index (χ3n) is 5.34. The Balaban J connectivity index is 2.19. The van der Waals surface area contributed by atoms with Gasteiger partial charge in [-0.2, -0.15) is 0 Å². The lowest BCUT2D eigenvalue weighted by Gasteiger charge is -2.22. The Morgan fingerprint density at radius 2 is 1.36 bits per heavy atom. The summed E-state index contributed by atoms with van der Waals surface area (Å²) >= 11 is 0. The Bertz CT molecular complexity index is 419. The second-order valence-electron chi connectivity index (χ2n) is 7.02. The molecule has 2 nitrogen and oxygen atoms in total. The molecular weight excluding hydrogens is 272 g/mol. The molecular formula is C20H34O2. The zero-order chi connectivity index (χ0) is 16.7. The molecule has 2 heteroatoms. The van der Waals surface area contributed by atoms with Gasteiger partial charge in [0.25, 0.3) is 0 Å². The van der Waals surface area contributed by atoms with E-state index in [1.54, 1.807) is 6.92 Å². The molecule has 22 heavy (non-hydrogen) atoms. The van der Waals surface area contributed by atoms with Crippen molar-refractivity contribution in [3.05, 3.63) is 22.3 Å². The number of hydrogen-bond donors (Lipinski definition) is 1. The molecule has 0 heterocycles. The van der Waals surface area contributed by atoms with Gasteiger partial charge < -0.3 is 9.90 Å². The zero-order valence-corrected chi connectivity index (χ0v) is 15.2. The van der Waals surface area contributed by atoms with Gasteiger partial charge in [0.05, 0.1) is 6.10 Å². The smallest absolute Gasteiger partial charge is 0.129 e. The van der Waals surface area contributed by atoms with Gasteiger partial charge in [-0.1, -0.05) is 43.3 Å². The number of allylic oxidation sites excluding steroid dienone is 2.